The fourth-order valence-electron chi connectivity index (χ4n) is 3.66. The number of nitrogens with one attached hydrogen (secondary N) is 2. The number of halogens is 1. The van der Waals surface area contributed by atoms with Crippen molar-refractivity contribution in [3.8, 4) is 11.1 Å². The van der Waals surface area contributed by atoms with Crippen molar-refractivity contribution in [1.29, 1.82) is 0 Å². The second kappa shape index (κ2) is 11.7. The molecule has 2 N–H and O–H groups in total. The Balaban J connectivity index is 1.74. The molecule has 3 aromatic carbocycles. The Kier molecular flexibility index (Phi) is 8.51. The minimum absolute atomic E-state index is 0.0723. The Labute approximate surface area is 198 Å². The van der Waals surface area contributed by atoms with Crippen molar-refractivity contribution in [3.05, 3.63) is 95.8 Å². The highest BCUT2D eigenvalue weighted by atomic mass is 19.1. The lowest BCUT2D eigenvalue weighted by atomic mass is 10.00. The monoisotopic (exact) mass is 462 g/mol. The highest BCUT2D eigenvalue weighted by Gasteiger charge is 2.27. The third kappa shape index (κ3) is 7.00. The summed E-state index contributed by atoms with van der Waals surface area (Å²) in [5.41, 5.74) is 3.47. The van der Waals surface area contributed by atoms with Crippen molar-refractivity contribution in [2.45, 2.75) is 31.8 Å². The van der Waals surface area contributed by atoms with Gasteiger partial charge in [0.25, 0.3) is 0 Å². The molecule has 0 aliphatic carbocycles. The number of amides is 2. The maximum Gasteiger partial charge on any atom is 0.328 e. The molecular weight excluding hydrogens is 435 g/mol. The number of hydrogen-bond acceptors (Lipinski definition) is 4. The van der Waals surface area contributed by atoms with Crippen LogP contribution in [0.2, 0.25) is 0 Å². The molecule has 0 heterocycles. The number of benzene rings is 3. The van der Waals surface area contributed by atoms with Crippen molar-refractivity contribution in [3.63, 3.8) is 0 Å². The Hall–Kier alpha value is -4.00. The molecule has 0 bridgehead atoms. The molecule has 0 spiro atoms. The normalized spacial score (nSPS) is 12.3. The molecule has 6 nitrogen and oxygen atoms in total. The van der Waals surface area contributed by atoms with Crippen molar-refractivity contribution in [1.82, 2.24) is 10.6 Å². The summed E-state index contributed by atoms with van der Waals surface area (Å²) >= 11 is 0. The molecule has 0 saturated heterocycles. The molecule has 0 aliphatic heterocycles. The first-order valence-electron chi connectivity index (χ1n) is 10.9. The van der Waals surface area contributed by atoms with Crippen LogP contribution in [0.25, 0.3) is 11.1 Å². The molecule has 0 aliphatic rings. The summed E-state index contributed by atoms with van der Waals surface area (Å²) in [6.45, 7) is 1.29. The Morgan fingerprint density at radius 3 is 2.06 bits per heavy atom. The van der Waals surface area contributed by atoms with Crippen LogP contribution < -0.4 is 10.6 Å². The summed E-state index contributed by atoms with van der Waals surface area (Å²) in [7, 11) is 1.25. The zero-order valence-corrected chi connectivity index (χ0v) is 19.1. The Bertz CT molecular complexity index is 1130. The lowest BCUT2D eigenvalue weighted by Gasteiger charge is -2.22. The van der Waals surface area contributed by atoms with E-state index < -0.39 is 35.7 Å². The van der Waals surface area contributed by atoms with Crippen LogP contribution in [0.5, 0.6) is 0 Å². The van der Waals surface area contributed by atoms with E-state index in [9.17, 15) is 18.8 Å². The van der Waals surface area contributed by atoms with E-state index in [1.54, 1.807) is 6.07 Å². The molecule has 7 heteroatoms. The number of carbonyl (C=O) groups is 3. The van der Waals surface area contributed by atoms with Gasteiger partial charge < -0.3 is 15.4 Å². The Morgan fingerprint density at radius 1 is 0.794 bits per heavy atom. The van der Waals surface area contributed by atoms with Crippen LogP contribution >= 0.6 is 0 Å². The van der Waals surface area contributed by atoms with Gasteiger partial charge in [-0.1, -0.05) is 66.7 Å². The SMILES string of the molecule is COC(=O)[C@H](Cc1ccc(-c2ccccc2)cc1)NC(=O)[C@@H](Cc1cccc(F)c1)NC(C)=O. The summed E-state index contributed by atoms with van der Waals surface area (Å²) < 4.78 is 18.5. The van der Waals surface area contributed by atoms with Gasteiger partial charge in [0.2, 0.25) is 11.8 Å². The lowest BCUT2D eigenvalue weighted by molar-refractivity contribution is -0.145. The van der Waals surface area contributed by atoms with E-state index in [-0.39, 0.29) is 12.8 Å². The van der Waals surface area contributed by atoms with E-state index >= 15 is 0 Å². The minimum atomic E-state index is -0.980. The molecule has 2 amide bonds. The summed E-state index contributed by atoms with van der Waals surface area (Å²) in [4.78, 5) is 37.1. The van der Waals surface area contributed by atoms with Crippen LogP contribution in [0.4, 0.5) is 4.39 Å². The predicted molar refractivity (Wildman–Crippen MR) is 127 cm³/mol. The molecule has 2 atom stereocenters. The topological polar surface area (TPSA) is 84.5 Å². The fourth-order valence-corrected chi connectivity index (χ4v) is 3.66. The van der Waals surface area contributed by atoms with Crippen LogP contribution in [0.1, 0.15) is 18.1 Å². The van der Waals surface area contributed by atoms with Gasteiger partial charge in [0.15, 0.2) is 0 Å². The van der Waals surface area contributed by atoms with Gasteiger partial charge in [-0.2, -0.15) is 0 Å². The molecule has 0 unspecified atom stereocenters. The second-order valence-electron chi connectivity index (χ2n) is 7.94. The van der Waals surface area contributed by atoms with Gasteiger partial charge in [0.05, 0.1) is 7.11 Å². The quantitative estimate of drug-likeness (QED) is 0.477. The van der Waals surface area contributed by atoms with Crippen molar-refractivity contribution < 1.29 is 23.5 Å². The summed E-state index contributed by atoms with van der Waals surface area (Å²) in [5, 5.41) is 5.25. The average molecular weight is 463 g/mol. The Morgan fingerprint density at radius 2 is 1.44 bits per heavy atom. The zero-order valence-electron chi connectivity index (χ0n) is 19.1. The first kappa shape index (κ1) is 24.6. The number of carbonyl (C=O) groups excluding carboxylic acids is 3. The van der Waals surface area contributed by atoms with Gasteiger partial charge in [0, 0.05) is 19.8 Å². The number of esters is 1. The fraction of sp³-hybridized carbons (Fsp3) is 0.222. The van der Waals surface area contributed by atoms with E-state index in [1.807, 2.05) is 54.6 Å². The van der Waals surface area contributed by atoms with Gasteiger partial charge >= 0.3 is 5.97 Å². The zero-order chi connectivity index (χ0) is 24.5. The van der Waals surface area contributed by atoms with Gasteiger partial charge in [0.1, 0.15) is 17.9 Å². The third-order valence-electron chi connectivity index (χ3n) is 5.33. The first-order valence-corrected chi connectivity index (χ1v) is 10.9. The van der Waals surface area contributed by atoms with E-state index in [2.05, 4.69) is 10.6 Å². The molecule has 3 aromatic rings. The van der Waals surface area contributed by atoms with Crippen molar-refractivity contribution in [2.75, 3.05) is 7.11 Å². The van der Waals surface area contributed by atoms with Crippen LogP contribution in [-0.2, 0) is 32.0 Å². The smallest absolute Gasteiger partial charge is 0.328 e. The predicted octanol–water partition coefficient (Wildman–Crippen LogP) is 3.44. The lowest BCUT2D eigenvalue weighted by Crippen LogP contribution is -2.53. The van der Waals surface area contributed by atoms with E-state index in [1.165, 1.54) is 32.2 Å². The molecule has 0 radical (unpaired) electrons. The molecule has 176 valence electrons. The summed E-state index contributed by atoms with van der Waals surface area (Å²) in [6, 6.07) is 21.4. The maximum atomic E-state index is 13.6. The van der Waals surface area contributed by atoms with Crippen LogP contribution in [0.3, 0.4) is 0 Å². The van der Waals surface area contributed by atoms with Gasteiger partial charge in [-0.05, 0) is 34.4 Å². The van der Waals surface area contributed by atoms with Gasteiger partial charge in [-0.25, -0.2) is 9.18 Å². The van der Waals surface area contributed by atoms with E-state index in [0.717, 1.165) is 16.7 Å². The summed E-state index contributed by atoms with van der Waals surface area (Å²) in [5.74, 6) is -2.02. The molecule has 0 fully saturated rings. The number of hydrogen-bond donors (Lipinski definition) is 2. The second-order valence-corrected chi connectivity index (χ2v) is 7.94. The number of ether oxygens (including phenoxy) is 1. The van der Waals surface area contributed by atoms with E-state index in [4.69, 9.17) is 4.74 Å². The highest BCUT2D eigenvalue weighted by Crippen LogP contribution is 2.20. The first-order chi connectivity index (χ1) is 16.4. The maximum absolute atomic E-state index is 13.6. The van der Waals surface area contributed by atoms with Gasteiger partial charge in [-0.15, -0.1) is 0 Å². The van der Waals surface area contributed by atoms with Crippen LogP contribution in [0, 0.1) is 5.82 Å². The molecule has 0 aromatic heterocycles. The number of rotatable bonds is 9. The molecule has 34 heavy (non-hydrogen) atoms. The molecule has 0 saturated carbocycles. The highest BCUT2D eigenvalue weighted by molar-refractivity contribution is 5.90. The van der Waals surface area contributed by atoms with Crippen LogP contribution in [-0.4, -0.2) is 37.0 Å². The van der Waals surface area contributed by atoms with Crippen molar-refractivity contribution >= 4 is 17.8 Å². The minimum Gasteiger partial charge on any atom is -0.467 e. The molecule has 3 rings (SSSR count). The van der Waals surface area contributed by atoms with Crippen LogP contribution in [0.15, 0.2) is 78.9 Å². The average Bonchev–Trinajstić information content (AvgIpc) is 2.83. The standard InChI is InChI=1S/C27H27FN2O4/c1-18(31)29-24(17-20-7-6-10-23(28)15-20)26(32)30-25(27(33)34-2)16-19-11-13-22(14-12-19)21-8-4-3-5-9-21/h3-15,24-25H,16-17H2,1-2H3,(H,29,31)(H,30,32)/t24-,25+/m1/s1. The summed E-state index contributed by atoms with van der Waals surface area (Å²) in [6.07, 6.45) is 0.281. The number of methoxy groups -OCH3 is 1. The van der Waals surface area contributed by atoms with E-state index in [0.29, 0.717) is 5.56 Å². The third-order valence-corrected chi connectivity index (χ3v) is 5.33. The largest absolute Gasteiger partial charge is 0.467 e. The van der Waals surface area contributed by atoms with Gasteiger partial charge in [-0.3, -0.25) is 9.59 Å². The molecular formula is C27H27FN2O4. The van der Waals surface area contributed by atoms with Crippen molar-refractivity contribution in [2.24, 2.45) is 0 Å².